The maximum absolute atomic E-state index is 6.69. The van der Waals surface area contributed by atoms with Gasteiger partial charge in [-0.1, -0.05) is 44.9 Å². The Morgan fingerprint density at radius 3 is 2.90 bits per heavy atom. The highest BCUT2D eigenvalue weighted by Gasteiger charge is 2.37. The zero-order chi connectivity index (χ0) is 14.2. The summed E-state index contributed by atoms with van der Waals surface area (Å²) in [6, 6.07) is 6.63. The predicted molar refractivity (Wildman–Crippen MR) is 82.9 cm³/mol. The molecule has 2 heteroatoms. The van der Waals surface area contributed by atoms with Crippen LogP contribution in [0.2, 0.25) is 0 Å². The molecular weight excluding hydrogens is 246 g/mol. The van der Waals surface area contributed by atoms with E-state index in [0.717, 1.165) is 25.2 Å². The number of hydrogen-bond acceptors (Lipinski definition) is 2. The Morgan fingerprint density at radius 1 is 1.25 bits per heavy atom. The molecular formula is C18H27NO. The van der Waals surface area contributed by atoms with Gasteiger partial charge in [0.15, 0.2) is 0 Å². The van der Waals surface area contributed by atoms with Crippen LogP contribution in [-0.4, -0.2) is 6.61 Å². The summed E-state index contributed by atoms with van der Waals surface area (Å²) in [6.45, 7) is 5.60. The molecule has 2 atom stereocenters. The van der Waals surface area contributed by atoms with Crippen LogP contribution < -0.4 is 10.5 Å². The van der Waals surface area contributed by atoms with Crippen molar-refractivity contribution in [3.63, 3.8) is 0 Å². The van der Waals surface area contributed by atoms with Crippen molar-refractivity contribution in [2.45, 2.75) is 58.4 Å². The van der Waals surface area contributed by atoms with E-state index in [2.05, 4.69) is 32.0 Å². The first-order chi connectivity index (χ1) is 9.59. The van der Waals surface area contributed by atoms with E-state index in [1.54, 1.807) is 0 Å². The number of benzene rings is 1. The highest BCUT2D eigenvalue weighted by atomic mass is 16.5. The first-order valence-electron chi connectivity index (χ1n) is 8.10. The third-order valence-corrected chi connectivity index (χ3v) is 5.35. The Balaban J connectivity index is 1.92. The zero-order valence-corrected chi connectivity index (χ0v) is 12.8. The van der Waals surface area contributed by atoms with Gasteiger partial charge in [0, 0.05) is 11.6 Å². The largest absolute Gasteiger partial charge is 0.493 e. The average Bonchev–Trinajstić information content (AvgIpc) is 2.45. The maximum atomic E-state index is 6.69. The lowest BCUT2D eigenvalue weighted by Crippen LogP contribution is -2.36. The minimum absolute atomic E-state index is 0.110. The quantitative estimate of drug-likeness (QED) is 0.875. The molecule has 1 heterocycles. The Morgan fingerprint density at radius 2 is 2.10 bits per heavy atom. The molecule has 2 unspecified atom stereocenters. The molecule has 2 N–H and O–H groups in total. The average molecular weight is 273 g/mol. The summed E-state index contributed by atoms with van der Waals surface area (Å²) >= 11 is 0. The van der Waals surface area contributed by atoms with Gasteiger partial charge in [-0.15, -0.1) is 0 Å². The number of nitrogens with two attached hydrogens (primary N) is 1. The summed E-state index contributed by atoms with van der Waals surface area (Å²) in [6.07, 6.45) is 7.46. The molecule has 0 spiro atoms. The van der Waals surface area contributed by atoms with Crippen LogP contribution in [0, 0.1) is 11.3 Å². The van der Waals surface area contributed by atoms with Crippen molar-refractivity contribution in [1.29, 1.82) is 0 Å². The molecule has 1 aromatic rings. The molecule has 0 bridgehead atoms. The second kappa shape index (κ2) is 5.40. The van der Waals surface area contributed by atoms with Gasteiger partial charge in [0.25, 0.3) is 0 Å². The number of fused-ring (bicyclic) bond motifs is 1. The van der Waals surface area contributed by atoms with Crippen molar-refractivity contribution in [3.8, 4) is 5.75 Å². The van der Waals surface area contributed by atoms with E-state index in [-0.39, 0.29) is 6.04 Å². The van der Waals surface area contributed by atoms with E-state index in [1.165, 1.54) is 36.8 Å². The van der Waals surface area contributed by atoms with Crippen LogP contribution in [0.1, 0.15) is 63.1 Å². The van der Waals surface area contributed by atoms with Gasteiger partial charge in [-0.3, -0.25) is 0 Å². The fourth-order valence-electron chi connectivity index (χ4n) is 4.08. The van der Waals surface area contributed by atoms with Crippen molar-refractivity contribution in [3.05, 3.63) is 29.3 Å². The zero-order valence-electron chi connectivity index (χ0n) is 12.8. The van der Waals surface area contributed by atoms with Gasteiger partial charge in [0.05, 0.1) is 6.61 Å². The van der Waals surface area contributed by atoms with Crippen LogP contribution in [-0.2, 0) is 6.42 Å². The van der Waals surface area contributed by atoms with Gasteiger partial charge in [-0.2, -0.15) is 0 Å². The normalized spacial score (nSPS) is 26.4. The topological polar surface area (TPSA) is 35.2 Å². The second-order valence-electron chi connectivity index (χ2n) is 7.15. The molecule has 3 rings (SSSR count). The van der Waals surface area contributed by atoms with Crippen molar-refractivity contribution in [2.24, 2.45) is 17.1 Å². The molecule has 0 saturated heterocycles. The number of para-hydroxylation sites is 1. The first kappa shape index (κ1) is 13.9. The van der Waals surface area contributed by atoms with Crippen molar-refractivity contribution >= 4 is 0 Å². The lowest BCUT2D eigenvalue weighted by molar-refractivity contribution is 0.111. The Bertz CT molecular complexity index is 480. The summed E-state index contributed by atoms with van der Waals surface area (Å²) < 4.78 is 5.95. The van der Waals surface area contributed by atoms with E-state index in [1.807, 2.05) is 0 Å². The van der Waals surface area contributed by atoms with Crippen molar-refractivity contribution < 1.29 is 4.74 Å². The summed E-state index contributed by atoms with van der Waals surface area (Å²) in [7, 11) is 0. The van der Waals surface area contributed by atoms with E-state index in [4.69, 9.17) is 10.5 Å². The highest BCUT2D eigenvalue weighted by molar-refractivity contribution is 5.44. The number of rotatable bonds is 2. The molecule has 1 aliphatic carbocycles. The Hall–Kier alpha value is -1.02. The third-order valence-electron chi connectivity index (χ3n) is 5.35. The smallest absolute Gasteiger partial charge is 0.127 e. The lowest BCUT2D eigenvalue weighted by Gasteiger charge is -2.42. The molecule has 2 nitrogen and oxygen atoms in total. The van der Waals surface area contributed by atoms with Gasteiger partial charge >= 0.3 is 0 Å². The minimum atomic E-state index is 0.110. The molecule has 0 aromatic heterocycles. The fraction of sp³-hybridized carbons (Fsp3) is 0.667. The standard InChI is InChI=1S/C18H27NO/c1-18(2)11-4-3-10-15(18)16(19)14-9-5-7-13-8-6-12-20-17(13)14/h5,7,9,15-16H,3-4,6,8,10-12,19H2,1-2H3. The molecule has 110 valence electrons. The van der Waals surface area contributed by atoms with Gasteiger partial charge < -0.3 is 10.5 Å². The van der Waals surface area contributed by atoms with Crippen molar-refractivity contribution in [2.75, 3.05) is 6.61 Å². The maximum Gasteiger partial charge on any atom is 0.127 e. The molecule has 1 aliphatic heterocycles. The first-order valence-corrected chi connectivity index (χ1v) is 8.10. The fourth-order valence-corrected chi connectivity index (χ4v) is 4.08. The monoisotopic (exact) mass is 273 g/mol. The molecule has 1 aromatic carbocycles. The molecule has 20 heavy (non-hydrogen) atoms. The SMILES string of the molecule is CC1(C)CCCCC1C(N)c1cccc2c1OCCC2. The lowest BCUT2D eigenvalue weighted by atomic mass is 9.65. The third kappa shape index (κ3) is 2.46. The van der Waals surface area contributed by atoms with Crippen LogP contribution >= 0.6 is 0 Å². The van der Waals surface area contributed by atoms with Crippen LogP contribution in [0.3, 0.4) is 0 Å². The molecule has 0 amide bonds. The van der Waals surface area contributed by atoms with Gasteiger partial charge in [-0.25, -0.2) is 0 Å². The van der Waals surface area contributed by atoms with Crippen LogP contribution in [0.25, 0.3) is 0 Å². The number of ether oxygens (including phenoxy) is 1. The highest BCUT2D eigenvalue weighted by Crippen LogP contribution is 2.47. The van der Waals surface area contributed by atoms with E-state index in [9.17, 15) is 0 Å². The van der Waals surface area contributed by atoms with Gasteiger partial charge in [-0.05, 0) is 42.6 Å². The summed E-state index contributed by atoms with van der Waals surface area (Å²) in [5.74, 6) is 1.65. The molecule has 1 fully saturated rings. The summed E-state index contributed by atoms with van der Waals surface area (Å²) in [5, 5.41) is 0. The summed E-state index contributed by atoms with van der Waals surface area (Å²) in [4.78, 5) is 0. The van der Waals surface area contributed by atoms with Crippen LogP contribution in [0.4, 0.5) is 0 Å². The Kier molecular flexibility index (Phi) is 3.76. The number of hydrogen-bond donors (Lipinski definition) is 1. The number of aryl methyl sites for hydroxylation is 1. The van der Waals surface area contributed by atoms with Gasteiger partial charge in [0.1, 0.15) is 5.75 Å². The second-order valence-corrected chi connectivity index (χ2v) is 7.15. The van der Waals surface area contributed by atoms with E-state index < -0.39 is 0 Å². The van der Waals surface area contributed by atoms with Crippen molar-refractivity contribution in [1.82, 2.24) is 0 Å². The summed E-state index contributed by atoms with van der Waals surface area (Å²) in [5.41, 5.74) is 9.62. The molecule has 2 aliphatic rings. The van der Waals surface area contributed by atoms with Gasteiger partial charge in [0.2, 0.25) is 0 Å². The van der Waals surface area contributed by atoms with Crippen LogP contribution in [0.5, 0.6) is 5.75 Å². The van der Waals surface area contributed by atoms with Crippen LogP contribution in [0.15, 0.2) is 18.2 Å². The molecule has 1 saturated carbocycles. The van der Waals surface area contributed by atoms with E-state index in [0.29, 0.717) is 11.3 Å². The molecule has 0 radical (unpaired) electrons. The minimum Gasteiger partial charge on any atom is -0.493 e. The Labute approximate surface area is 122 Å². The predicted octanol–water partition coefficient (Wildman–Crippen LogP) is 4.23. The van der Waals surface area contributed by atoms with E-state index >= 15 is 0 Å².